The van der Waals surface area contributed by atoms with Crippen molar-refractivity contribution in [1.29, 1.82) is 0 Å². The first-order chi connectivity index (χ1) is 9.70. The summed E-state index contributed by atoms with van der Waals surface area (Å²) < 4.78 is 6.26. The fourth-order valence-corrected chi connectivity index (χ4v) is 2.24. The summed E-state index contributed by atoms with van der Waals surface area (Å²) in [7, 11) is 0. The molecule has 0 radical (unpaired) electrons. The van der Waals surface area contributed by atoms with Crippen molar-refractivity contribution in [3.63, 3.8) is 0 Å². The van der Waals surface area contributed by atoms with Gasteiger partial charge < -0.3 is 15.2 Å². The van der Waals surface area contributed by atoms with Gasteiger partial charge in [-0.05, 0) is 38.0 Å². The zero-order chi connectivity index (χ0) is 16.2. The molecule has 0 aliphatic rings. The summed E-state index contributed by atoms with van der Waals surface area (Å²) in [5.41, 5.74) is 0.354. The molecule has 6 heteroatoms. The molecular formula is C15H20BrNO4. The van der Waals surface area contributed by atoms with Crippen LogP contribution >= 0.6 is 15.9 Å². The second kappa shape index (κ2) is 7.45. The maximum Gasteiger partial charge on any atom is 0.326 e. The smallest absolute Gasteiger partial charge is 0.326 e. The lowest BCUT2D eigenvalue weighted by molar-refractivity contribution is -0.140. The normalized spacial score (nSPS) is 12.3. The Labute approximate surface area is 132 Å². The molecule has 0 aliphatic carbocycles. The number of carbonyl (C=O) groups is 2. The number of amides is 1. The van der Waals surface area contributed by atoms with Crippen molar-refractivity contribution in [2.75, 3.05) is 0 Å². The molecule has 0 aliphatic heterocycles. The van der Waals surface area contributed by atoms with E-state index >= 15 is 0 Å². The van der Waals surface area contributed by atoms with E-state index in [9.17, 15) is 9.59 Å². The molecule has 1 aromatic carbocycles. The third-order valence-corrected chi connectivity index (χ3v) is 3.18. The van der Waals surface area contributed by atoms with Crippen molar-refractivity contribution < 1.29 is 19.4 Å². The summed E-state index contributed by atoms with van der Waals surface area (Å²) in [6.45, 7) is 7.26. The van der Waals surface area contributed by atoms with Crippen molar-refractivity contribution in [2.24, 2.45) is 5.92 Å². The summed E-state index contributed by atoms with van der Waals surface area (Å²) in [6.07, 6.45) is -0.0161. The van der Waals surface area contributed by atoms with Crippen LogP contribution in [0.3, 0.4) is 0 Å². The number of rotatable bonds is 6. The lowest BCUT2D eigenvalue weighted by Crippen LogP contribution is -2.44. The molecule has 0 heterocycles. The monoisotopic (exact) mass is 357 g/mol. The summed E-state index contributed by atoms with van der Waals surface area (Å²) in [5.74, 6) is -1.14. The first-order valence-electron chi connectivity index (χ1n) is 6.71. The lowest BCUT2D eigenvalue weighted by Gasteiger charge is -2.18. The molecule has 1 amide bonds. The van der Waals surface area contributed by atoms with Crippen LogP contribution in [0.4, 0.5) is 0 Å². The van der Waals surface area contributed by atoms with Crippen LogP contribution in [0.2, 0.25) is 0 Å². The first kappa shape index (κ1) is 17.5. The predicted molar refractivity (Wildman–Crippen MR) is 83.6 cm³/mol. The topological polar surface area (TPSA) is 75.6 Å². The summed E-state index contributed by atoms with van der Waals surface area (Å²) in [6, 6.07) is 4.06. The van der Waals surface area contributed by atoms with Crippen molar-refractivity contribution in [3.8, 4) is 5.75 Å². The molecule has 2 N–H and O–H groups in total. The summed E-state index contributed by atoms with van der Waals surface area (Å²) >= 11 is 3.32. The first-order valence-corrected chi connectivity index (χ1v) is 7.51. The molecule has 1 rings (SSSR count). The van der Waals surface area contributed by atoms with Gasteiger partial charge in [0.2, 0.25) is 0 Å². The zero-order valence-corrected chi connectivity index (χ0v) is 14.1. The van der Waals surface area contributed by atoms with Crippen molar-refractivity contribution in [2.45, 2.75) is 39.8 Å². The number of halogens is 1. The maximum absolute atomic E-state index is 12.2. The molecule has 0 fully saturated rings. The van der Waals surface area contributed by atoms with Gasteiger partial charge in [0.15, 0.2) is 0 Å². The van der Waals surface area contributed by atoms with Gasteiger partial charge in [-0.25, -0.2) is 4.79 Å². The molecule has 0 saturated carbocycles. The average molecular weight is 358 g/mol. The Kier molecular flexibility index (Phi) is 6.20. The van der Waals surface area contributed by atoms with Gasteiger partial charge in [-0.1, -0.05) is 29.8 Å². The van der Waals surface area contributed by atoms with E-state index in [1.54, 1.807) is 32.0 Å². The molecule has 1 aromatic rings. The minimum Gasteiger partial charge on any atom is -0.491 e. The molecule has 0 saturated heterocycles. The Bertz CT molecular complexity index is 528. The molecule has 0 spiro atoms. The highest BCUT2D eigenvalue weighted by Crippen LogP contribution is 2.22. The van der Waals surface area contributed by atoms with Crippen LogP contribution in [0.25, 0.3) is 0 Å². The largest absolute Gasteiger partial charge is 0.491 e. The predicted octanol–water partition coefficient (Wildman–Crippen LogP) is 3.08. The SMILES string of the molecule is CC(C)Oc1cc(Br)cc(C(=O)N[C@@H](C(=O)O)C(C)C)c1. The molecule has 0 aromatic heterocycles. The van der Waals surface area contributed by atoms with Gasteiger partial charge in [-0.2, -0.15) is 0 Å². The van der Waals surface area contributed by atoms with Gasteiger partial charge in [0.1, 0.15) is 11.8 Å². The molecule has 116 valence electrons. The third-order valence-electron chi connectivity index (χ3n) is 2.72. The molecule has 1 atom stereocenters. The highest BCUT2D eigenvalue weighted by Gasteiger charge is 2.24. The Morgan fingerprint density at radius 3 is 2.29 bits per heavy atom. The number of nitrogens with one attached hydrogen (secondary N) is 1. The quantitative estimate of drug-likeness (QED) is 0.820. The number of carbonyl (C=O) groups excluding carboxylic acids is 1. The standard InChI is InChI=1S/C15H20BrNO4/c1-8(2)13(15(19)20)17-14(18)10-5-11(16)7-12(6-10)21-9(3)4/h5-9,13H,1-4H3,(H,17,18)(H,19,20)/t13-/m1/s1. The number of carboxylic acid groups (broad SMARTS) is 1. The van der Waals surface area contributed by atoms with E-state index < -0.39 is 17.9 Å². The van der Waals surface area contributed by atoms with Crippen LogP contribution < -0.4 is 10.1 Å². The van der Waals surface area contributed by atoms with Crippen LogP contribution in [0.5, 0.6) is 5.75 Å². The Morgan fingerprint density at radius 2 is 1.81 bits per heavy atom. The van der Waals surface area contributed by atoms with Crippen LogP contribution in [0.1, 0.15) is 38.1 Å². The van der Waals surface area contributed by atoms with E-state index in [1.807, 2.05) is 13.8 Å². The Morgan fingerprint density at radius 1 is 1.19 bits per heavy atom. The van der Waals surface area contributed by atoms with Gasteiger partial charge in [-0.3, -0.25) is 4.79 Å². The van der Waals surface area contributed by atoms with Crippen molar-refractivity contribution in [3.05, 3.63) is 28.2 Å². The third kappa shape index (κ3) is 5.38. The summed E-state index contributed by atoms with van der Waals surface area (Å²) in [5, 5.41) is 11.6. The highest BCUT2D eigenvalue weighted by atomic mass is 79.9. The van der Waals surface area contributed by atoms with Crippen LogP contribution in [0.15, 0.2) is 22.7 Å². The molecular weight excluding hydrogens is 338 g/mol. The van der Waals surface area contributed by atoms with E-state index in [0.29, 0.717) is 15.8 Å². The summed E-state index contributed by atoms with van der Waals surface area (Å²) in [4.78, 5) is 23.3. The Balaban J connectivity index is 2.96. The maximum atomic E-state index is 12.2. The number of benzene rings is 1. The van der Waals surface area contributed by atoms with Crippen LogP contribution in [-0.4, -0.2) is 29.1 Å². The van der Waals surface area contributed by atoms with E-state index in [1.165, 1.54) is 0 Å². The fraction of sp³-hybridized carbons (Fsp3) is 0.467. The van der Waals surface area contributed by atoms with Gasteiger partial charge >= 0.3 is 5.97 Å². The van der Waals surface area contributed by atoms with Gasteiger partial charge in [-0.15, -0.1) is 0 Å². The van der Waals surface area contributed by atoms with E-state index in [0.717, 1.165) is 0 Å². The van der Waals surface area contributed by atoms with Gasteiger partial charge in [0, 0.05) is 10.0 Å². The number of carboxylic acids is 1. The second-order valence-corrected chi connectivity index (χ2v) is 6.29. The minimum atomic E-state index is -1.05. The average Bonchev–Trinajstić information content (AvgIpc) is 2.33. The minimum absolute atomic E-state index is 0.0161. The number of ether oxygens (including phenoxy) is 1. The van der Waals surface area contributed by atoms with E-state index in [4.69, 9.17) is 9.84 Å². The fourth-order valence-electron chi connectivity index (χ4n) is 1.77. The van der Waals surface area contributed by atoms with Gasteiger partial charge in [0.25, 0.3) is 5.91 Å². The molecule has 5 nitrogen and oxygen atoms in total. The van der Waals surface area contributed by atoms with Crippen molar-refractivity contribution >= 4 is 27.8 Å². The molecule has 0 bridgehead atoms. The number of hydrogen-bond donors (Lipinski definition) is 2. The van der Waals surface area contributed by atoms with E-state index in [-0.39, 0.29) is 12.0 Å². The number of aliphatic carboxylic acids is 1. The highest BCUT2D eigenvalue weighted by molar-refractivity contribution is 9.10. The molecule has 21 heavy (non-hydrogen) atoms. The zero-order valence-electron chi connectivity index (χ0n) is 12.5. The van der Waals surface area contributed by atoms with E-state index in [2.05, 4.69) is 21.2 Å². The number of hydrogen-bond acceptors (Lipinski definition) is 3. The second-order valence-electron chi connectivity index (χ2n) is 5.38. The van der Waals surface area contributed by atoms with Crippen molar-refractivity contribution in [1.82, 2.24) is 5.32 Å². The van der Waals surface area contributed by atoms with Crippen LogP contribution in [0, 0.1) is 5.92 Å². The Hall–Kier alpha value is -1.56. The lowest BCUT2D eigenvalue weighted by atomic mass is 10.0. The molecule has 0 unspecified atom stereocenters. The van der Waals surface area contributed by atoms with Gasteiger partial charge in [0.05, 0.1) is 6.10 Å². The van der Waals surface area contributed by atoms with Crippen LogP contribution in [-0.2, 0) is 4.79 Å².